The summed E-state index contributed by atoms with van der Waals surface area (Å²) in [5.74, 6) is 1.69. The molecule has 0 radical (unpaired) electrons. The lowest BCUT2D eigenvalue weighted by Crippen LogP contribution is -2.29. The monoisotopic (exact) mass is 237 g/mol. The summed E-state index contributed by atoms with van der Waals surface area (Å²) in [6, 6.07) is 2.84. The Balaban J connectivity index is 1.91. The normalized spacial score (nSPS) is 16.1. The highest BCUT2D eigenvalue weighted by atomic mass is 16.5. The molecule has 1 fully saturated rings. The Morgan fingerprint density at radius 3 is 2.88 bits per heavy atom. The number of nitrogens with zero attached hydrogens (tertiary/aromatic N) is 2. The molecular formula is C13H23N3O. The van der Waals surface area contributed by atoms with Crippen LogP contribution in [0, 0.1) is 5.92 Å². The number of hydrogen-bond acceptors (Lipinski definition) is 4. The maximum atomic E-state index is 5.38. The van der Waals surface area contributed by atoms with Crippen LogP contribution in [-0.4, -0.2) is 29.7 Å². The summed E-state index contributed by atoms with van der Waals surface area (Å²) in [5, 5.41) is 7.14. The Labute approximate surface area is 103 Å². The van der Waals surface area contributed by atoms with Crippen molar-refractivity contribution in [3.8, 4) is 0 Å². The fraction of sp³-hybridized carbons (Fsp3) is 0.769. The van der Waals surface area contributed by atoms with Crippen molar-refractivity contribution < 1.29 is 4.52 Å². The first-order valence-corrected chi connectivity index (χ1v) is 6.52. The predicted molar refractivity (Wildman–Crippen MR) is 67.5 cm³/mol. The number of rotatable bonds is 7. The summed E-state index contributed by atoms with van der Waals surface area (Å²) < 4.78 is 5.38. The van der Waals surface area contributed by atoms with Gasteiger partial charge < -0.3 is 9.84 Å². The molecule has 0 atom stereocenters. The highest BCUT2D eigenvalue weighted by Crippen LogP contribution is 2.29. The summed E-state index contributed by atoms with van der Waals surface area (Å²) in [6.45, 7) is 7.35. The van der Waals surface area contributed by atoms with Gasteiger partial charge in [-0.1, -0.05) is 19.0 Å². The third-order valence-electron chi connectivity index (χ3n) is 2.99. The lowest BCUT2D eigenvalue weighted by atomic mass is 10.2. The Hall–Kier alpha value is -0.870. The third-order valence-corrected chi connectivity index (χ3v) is 2.99. The predicted octanol–water partition coefficient (Wildman–Crippen LogP) is 2.01. The van der Waals surface area contributed by atoms with Crippen LogP contribution >= 0.6 is 0 Å². The molecule has 0 aromatic carbocycles. The van der Waals surface area contributed by atoms with E-state index in [0.29, 0.717) is 5.92 Å². The van der Waals surface area contributed by atoms with Crippen molar-refractivity contribution in [3.05, 3.63) is 17.5 Å². The quantitative estimate of drug-likeness (QED) is 0.787. The average molecular weight is 237 g/mol. The molecule has 4 nitrogen and oxygen atoms in total. The zero-order valence-corrected chi connectivity index (χ0v) is 11.1. The number of nitrogens with one attached hydrogen (secondary N) is 1. The van der Waals surface area contributed by atoms with Crippen LogP contribution in [0.2, 0.25) is 0 Å². The number of aromatic nitrogens is 1. The van der Waals surface area contributed by atoms with Crippen LogP contribution in [0.3, 0.4) is 0 Å². The van der Waals surface area contributed by atoms with Crippen molar-refractivity contribution in [2.75, 3.05) is 13.6 Å². The van der Waals surface area contributed by atoms with Gasteiger partial charge in [-0.25, -0.2) is 0 Å². The van der Waals surface area contributed by atoms with Gasteiger partial charge in [0.25, 0.3) is 0 Å². The van der Waals surface area contributed by atoms with Gasteiger partial charge in [0.1, 0.15) is 0 Å². The van der Waals surface area contributed by atoms with E-state index >= 15 is 0 Å². The maximum Gasteiger partial charge on any atom is 0.151 e. The van der Waals surface area contributed by atoms with Crippen LogP contribution < -0.4 is 5.32 Å². The van der Waals surface area contributed by atoms with Gasteiger partial charge in [-0.3, -0.25) is 4.90 Å². The Bertz CT molecular complexity index is 344. The van der Waals surface area contributed by atoms with E-state index in [-0.39, 0.29) is 0 Å². The third kappa shape index (κ3) is 3.82. The van der Waals surface area contributed by atoms with Gasteiger partial charge in [0.15, 0.2) is 5.76 Å². The van der Waals surface area contributed by atoms with E-state index in [1.165, 1.54) is 12.8 Å². The zero-order chi connectivity index (χ0) is 12.3. The minimum Gasteiger partial charge on any atom is -0.360 e. The van der Waals surface area contributed by atoms with Gasteiger partial charge in [0.2, 0.25) is 0 Å². The first-order valence-electron chi connectivity index (χ1n) is 6.52. The Morgan fingerprint density at radius 2 is 2.29 bits per heavy atom. The summed E-state index contributed by atoms with van der Waals surface area (Å²) in [4.78, 5) is 2.52. The van der Waals surface area contributed by atoms with Crippen molar-refractivity contribution >= 4 is 0 Å². The second kappa shape index (κ2) is 5.65. The fourth-order valence-electron chi connectivity index (χ4n) is 2.15. The lowest BCUT2D eigenvalue weighted by molar-refractivity contribution is 0.200. The topological polar surface area (TPSA) is 41.3 Å². The van der Waals surface area contributed by atoms with E-state index in [1.54, 1.807) is 0 Å². The van der Waals surface area contributed by atoms with Crippen molar-refractivity contribution in [3.63, 3.8) is 0 Å². The van der Waals surface area contributed by atoms with Gasteiger partial charge in [-0.05, 0) is 25.8 Å². The molecule has 1 heterocycles. The second-order valence-corrected chi connectivity index (χ2v) is 5.37. The molecule has 0 spiro atoms. The second-order valence-electron chi connectivity index (χ2n) is 5.37. The van der Waals surface area contributed by atoms with Gasteiger partial charge in [-0.2, -0.15) is 0 Å². The summed E-state index contributed by atoms with van der Waals surface area (Å²) >= 11 is 0. The molecule has 1 aliphatic carbocycles. The van der Waals surface area contributed by atoms with E-state index in [9.17, 15) is 0 Å². The molecule has 1 saturated carbocycles. The molecular weight excluding hydrogens is 214 g/mol. The van der Waals surface area contributed by atoms with E-state index in [4.69, 9.17) is 4.52 Å². The molecule has 1 aliphatic rings. The van der Waals surface area contributed by atoms with E-state index in [1.807, 2.05) is 7.05 Å². The molecule has 0 bridgehead atoms. The zero-order valence-electron chi connectivity index (χ0n) is 11.1. The highest BCUT2D eigenvalue weighted by molar-refractivity contribution is 5.05. The molecule has 4 heteroatoms. The average Bonchev–Trinajstić information content (AvgIpc) is 3.01. The molecule has 1 aromatic heterocycles. The summed E-state index contributed by atoms with van der Waals surface area (Å²) in [6.07, 6.45) is 2.68. The molecule has 1 aromatic rings. The van der Waals surface area contributed by atoms with Gasteiger partial charge in [0.05, 0.1) is 12.2 Å². The minimum atomic E-state index is 0.704. The maximum absolute atomic E-state index is 5.38. The van der Waals surface area contributed by atoms with Crippen LogP contribution in [0.5, 0.6) is 0 Å². The van der Waals surface area contributed by atoms with Crippen molar-refractivity contribution in [2.24, 2.45) is 5.92 Å². The van der Waals surface area contributed by atoms with E-state index < -0.39 is 0 Å². The molecule has 1 N–H and O–H groups in total. The Morgan fingerprint density at radius 1 is 1.53 bits per heavy atom. The minimum absolute atomic E-state index is 0.704. The molecule has 2 rings (SSSR count). The standard InChI is InChI=1S/C13H23N3O/c1-10(2)8-16(12-4-5-12)9-13-6-11(7-14-3)15-17-13/h6,10,12,14H,4-5,7-9H2,1-3H3. The van der Waals surface area contributed by atoms with Crippen molar-refractivity contribution in [2.45, 2.75) is 45.8 Å². The van der Waals surface area contributed by atoms with Crippen molar-refractivity contribution in [1.82, 2.24) is 15.4 Å². The lowest BCUT2D eigenvalue weighted by Gasteiger charge is -2.22. The first kappa shape index (κ1) is 12.6. The molecule has 0 amide bonds. The highest BCUT2D eigenvalue weighted by Gasteiger charge is 2.29. The summed E-state index contributed by atoms with van der Waals surface area (Å²) in [5.41, 5.74) is 0.989. The van der Waals surface area contributed by atoms with Crippen LogP contribution in [0.4, 0.5) is 0 Å². The number of hydrogen-bond donors (Lipinski definition) is 1. The molecule has 17 heavy (non-hydrogen) atoms. The SMILES string of the molecule is CNCc1cc(CN(CC(C)C)C2CC2)on1. The van der Waals surface area contributed by atoms with Gasteiger partial charge in [-0.15, -0.1) is 0 Å². The summed E-state index contributed by atoms with van der Waals surface area (Å²) in [7, 11) is 1.92. The fourth-order valence-corrected chi connectivity index (χ4v) is 2.15. The molecule has 0 unspecified atom stereocenters. The molecule has 96 valence electrons. The van der Waals surface area contributed by atoms with E-state index in [2.05, 4.69) is 35.3 Å². The van der Waals surface area contributed by atoms with Crippen LogP contribution in [0.1, 0.15) is 38.1 Å². The van der Waals surface area contributed by atoms with Crippen LogP contribution in [-0.2, 0) is 13.1 Å². The smallest absolute Gasteiger partial charge is 0.151 e. The van der Waals surface area contributed by atoms with Gasteiger partial charge in [0, 0.05) is 25.2 Å². The first-order chi connectivity index (χ1) is 8.19. The molecule has 0 saturated heterocycles. The van der Waals surface area contributed by atoms with E-state index in [0.717, 1.165) is 37.1 Å². The van der Waals surface area contributed by atoms with Gasteiger partial charge >= 0.3 is 0 Å². The van der Waals surface area contributed by atoms with Crippen molar-refractivity contribution in [1.29, 1.82) is 0 Å². The van der Waals surface area contributed by atoms with Crippen LogP contribution in [0.15, 0.2) is 10.6 Å². The van der Waals surface area contributed by atoms with Crippen LogP contribution in [0.25, 0.3) is 0 Å². The largest absolute Gasteiger partial charge is 0.360 e. The molecule has 0 aliphatic heterocycles. The Kier molecular flexibility index (Phi) is 4.18.